The van der Waals surface area contributed by atoms with Gasteiger partial charge in [-0.15, -0.1) is 6.58 Å². The second-order valence-corrected chi connectivity index (χ2v) is 5.05. The van der Waals surface area contributed by atoms with Crippen LogP contribution in [0.25, 0.3) is 0 Å². The molecule has 2 aromatic carbocycles. The monoisotopic (exact) mass is 302 g/mol. The highest BCUT2D eigenvalue weighted by Gasteiger charge is 2.17. The van der Waals surface area contributed by atoms with E-state index in [4.69, 9.17) is 5.11 Å². The average Bonchev–Trinajstić information content (AvgIpc) is 2.46. The SMILES string of the molecule is C=CCc1ccc(CCc2cc(F)c(C(=O)O)c(F)c2)cc1. The fourth-order valence-corrected chi connectivity index (χ4v) is 2.27. The van der Waals surface area contributed by atoms with Crippen LogP contribution >= 0.6 is 0 Å². The molecule has 0 spiro atoms. The van der Waals surface area contributed by atoms with E-state index in [2.05, 4.69) is 6.58 Å². The maximum Gasteiger partial charge on any atom is 0.341 e. The molecule has 22 heavy (non-hydrogen) atoms. The number of aryl methyl sites for hydroxylation is 2. The van der Waals surface area contributed by atoms with Crippen molar-refractivity contribution in [1.82, 2.24) is 0 Å². The van der Waals surface area contributed by atoms with Gasteiger partial charge in [0.1, 0.15) is 17.2 Å². The Labute approximate surface area is 127 Å². The lowest BCUT2D eigenvalue weighted by molar-refractivity contribution is 0.0686. The Kier molecular flexibility index (Phi) is 5.04. The average molecular weight is 302 g/mol. The second kappa shape index (κ2) is 6.98. The van der Waals surface area contributed by atoms with E-state index < -0.39 is 23.2 Å². The fraction of sp³-hybridized carbons (Fsp3) is 0.167. The summed E-state index contributed by atoms with van der Waals surface area (Å²) in [7, 11) is 0. The number of carboxylic acid groups (broad SMARTS) is 1. The van der Waals surface area contributed by atoms with Crippen LogP contribution in [0.3, 0.4) is 0 Å². The minimum absolute atomic E-state index is 0.439. The lowest BCUT2D eigenvalue weighted by atomic mass is 10.0. The Morgan fingerprint density at radius 3 is 2.00 bits per heavy atom. The fourth-order valence-electron chi connectivity index (χ4n) is 2.27. The van der Waals surface area contributed by atoms with E-state index >= 15 is 0 Å². The number of aromatic carboxylic acids is 1. The number of carbonyl (C=O) groups is 1. The molecule has 114 valence electrons. The molecule has 0 aromatic heterocycles. The summed E-state index contributed by atoms with van der Waals surface area (Å²) in [6, 6.07) is 10.1. The number of rotatable bonds is 6. The predicted molar refractivity (Wildman–Crippen MR) is 81.1 cm³/mol. The van der Waals surface area contributed by atoms with E-state index in [0.29, 0.717) is 18.4 Å². The van der Waals surface area contributed by atoms with Crippen LogP contribution in [0.4, 0.5) is 8.78 Å². The van der Waals surface area contributed by atoms with Crippen molar-refractivity contribution in [2.24, 2.45) is 0 Å². The third-order valence-corrected chi connectivity index (χ3v) is 3.42. The number of halogens is 2. The van der Waals surface area contributed by atoms with Gasteiger partial charge in [-0.25, -0.2) is 13.6 Å². The van der Waals surface area contributed by atoms with Crippen LogP contribution < -0.4 is 0 Å². The molecule has 0 aliphatic heterocycles. The van der Waals surface area contributed by atoms with Crippen LogP contribution in [0.5, 0.6) is 0 Å². The van der Waals surface area contributed by atoms with Crippen LogP contribution in [0.15, 0.2) is 49.1 Å². The van der Waals surface area contributed by atoms with Gasteiger partial charge in [0.15, 0.2) is 0 Å². The summed E-state index contributed by atoms with van der Waals surface area (Å²) in [6.45, 7) is 3.68. The Balaban J connectivity index is 2.08. The minimum atomic E-state index is -1.60. The molecule has 4 heteroatoms. The largest absolute Gasteiger partial charge is 0.477 e. The number of hydrogen-bond acceptors (Lipinski definition) is 1. The van der Waals surface area contributed by atoms with Gasteiger partial charge < -0.3 is 5.11 Å². The summed E-state index contributed by atoms with van der Waals surface area (Å²) in [5.41, 5.74) is 1.74. The predicted octanol–water partition coefficient (Wildman–Crippen LogP) is 4.18. The summed E-state index contributed by atoms with van der Waals surface area (Å²) in [6.07, 6.45) is 3.69. The van der Waals surface area contributed by atoms with Crippen LogP contribution in [-0.4, -0.2) is 11.1 Å². The lowest BCUT2D eigenvalue weighted by Crippen LogP contribution is -2.06. The van der Waals surface area contributed by atoms with Gasteiger partial charge in [0.2, 0.25) is 0 Å². The zero-order valence-electron chi connectivity index (χ0n) is 12.0. The maximum atomic E-state index is 13.6. The first-order chi connectivity index (χ1) is 10.5. The summed E-state index contributed by atoms with van der Waals surface area (Å²) >= 11 is 0. The number of hydrogen-bond donors (Lipinski definition) is 1. The molecule has 0 bridgehead atoms. The first-order valence-electron chi connectivity index (χ1n) is 6.91. The van der Waals surface area contributed by atoms with Gasteiger partial charge in [0.25, 0.3) is 0 Å². The highest BCUT2D eigenvalue weighted by Crippen LogP contribution is 2.17. The van der Waals surface area contributed by atoms with Crippen molar-refractivity contribution in [2.75, 3.05) is 0 Å². The number of allylic oxidation sites excluding steroid dienone is 1. The Bertz CT molecular complexity index is 668. The summed E-state index contributed by atoms with van der Waals surface area (Å²) in [5, 5.41) is 8.73. The van der Waals surface area contributed by atoms with E-state index in [9.17, 15) is 13.6 Å². The molecule has 0 radical (unpaired) electrons. The van der Waals surface area contributed by atoms with Gasteiger partial charge in [0.05, 0.1) is 0 Å². The summed E-state index contributed by atoms with van der Waals surface area (Å²) in [5.74, 6) is -3.67. The van der Waals surface area contributed by atoms with E-state index in [1.165, 1.54) is 0 Å². The normalized spacial score (nSPS) is 10.5. The molecule has 0 fully saturated rings. The molecule has 0 saturated heterocycles. The molecule has 0 heterocycles. The van der Waals surface area contributed by atoms with Gasteiger partial charge in [-0.3, -0.25) is 0 Å². The number of benzene rings is 2. The first-order valence-corrected chi connectivity index (χ1v) is 6.91. The first kappa shape index (κ1) is 15.9. The third-order valence-electron chi connectivity index (χ3n) is 3.42. The van der Waals surface area contributed by atoms with Crippen molar-refractivity contribution >= 4 is 5.97 Å². The molecule has 0 amide bonds. The Morgan fingerprint density at radius 1 is 1.00 bits per heavy atom. The molecule has 2 aromatic rings. The van der Waals surface area contributed by atoms with Crippen molar-refractivity contribution < 1.29 is 18.7 Å². The second-order valence-electron chi connectivity index (χ2n) is 5.05. The summed E-state index contributed by atoms with van der Waals surface area (Å²) in [4.78, 5) is 10.7. The topological polar surface area (TPSA) is 37.3 Å². The lowest BCUT2D eigenvalue weighted by Gasteiger charge is -2.06. The zero-order chi connectivity index (χ0) is 16.1. The Hall–Kier alpha value is -2.49. The van der Waals surface area contributed by atoms with Crippen molar-refractivity contribution in [1.29, 1.82) is 0 Å². The van der Waals surface area contributed by atoms with Crippen LogP contribution in [0.2, 0.25) is 0 Å². The van der Waals surface area contributed by atoms with Gasteiger partial charge in [-0.05, 0) is 48.1 Å². The molecule has 0 atom stereocenters. The van der Waals surface area contributed by atoms with E-state index in [-0.39, 0.29) is 0 Å². The van der Waals surface area contributed by atoms with Gasteiger partial charge in [-0.1, -0.05) is 30.3 Å². The van der Waals surface area contributed by atoms with Crippen LogP contribution in [0, 0.1) is 11.6 Å². The quantitative estimate of drug-likeness (QED) is 0.813. The summed E-state index contributed by atoms with van der Waals surface area (Å²) < 4.78 is 27.2. The molecule has 0 aliphatic rings. The van der Waals surface area contributed by atoms with Crippen LogP contribution in [0.1, 0.15) is 27.0 Å². The van der Waals surface area contributed by atoms with Crippen molar-refractivity contribution in [3.8, 4) is 0 Å². The molecule has 1 N–H and O–H groups in total. The minimum Gasteiger partial charge on any atom is -0.477 e. The molecule has 0 aliphatic carbocycles. The molecular weight excluding hydrogens is 286 g/mol. The van der Waals surface area contributed by atoms with Crippen molar-refractivity contribution in [2.45, 2.75) is 19.3 Å². The molecule has 0 unspecified atom stereocenters. The van der Waals surface area contributed by atoms with E-state index in [1.807, 2.05) is 30.3 Å². The Morgan fingerprint density at radius 2 is 1.50 bits per heavy atom. The highest BCUT2D eigenvalue weighted by atomic mass is 19.1. The smallest absolute Gasteiger partial charge is 0.341 e. The van der Waals surface area contributed by atoms with Crippen LogP contribution in [-0.2, 0) is 19.3 Å². The zero-order valence-corrected chi connectivity index (χ0v) is 12.0. The van der Waals surface area contributed by atoms with Gasteiger partial charge >= 0.3 is 5.97 Å². The third kappa shape index (κ3) is 3.79. The number of carboxylic acids is 1. The highest BCUT2D eigenvalue weighted by molar-refractivity contribution is 5.88. The molecule has 0 saturated carbocycles. The van der Waals surface area contributed by atoms with Crippen molar-refractivity contribution in [3.63, 3.8) is 0 Å². The molecule has 2 nitrogen and oxygen atoms in total. The molecule has 2 rings (SSSR count). The van der Waals surface area contributed by atoms with Crippen molar-refractivity contribution in [3.05, 3.63) is 82.9 Å². The standard InChI is InChI=1S/C18H16F2O2/c1-2-3-12-4-6-13(7-5-12)8-9-14-10-15(19)17(18(21)22)16(20)11-14/h2,4-7,10-11H,1,3,8-9H2,(H,21,22). The van der Waals surface area contributed by atoms with E-state index in [0.717, 1.165) is 29.7 Å². The van der Waals surface area contributed by atoms with Gasteiger partial charge in [-0.2, -0.15) is 0 Å². The van der Waals surface area contributed by atoms with Gasteiger partial charge in [0, 0.05) is 0 Å². The van der Waals surface area contributed by atoms with E-state index in [1.54, 1.807) is 0 Å². The molecular formula is C18H16F2O2. The maximum absolute atomic E-state index is 13.6.